The highest BCUT2D eigenvalue weighted by Crippen LogP contribution is 2.37. The molecule has 4 aromatic rings. The second-order valence-electron chi connectivity index (χ2n) is 9.62. The first-order valence-electron chi connectivity index (χ1n) is 13.2. The molecule has 3 heterocycles. The number of rotatable bonds is 10. The van der Waals surface area contributed by atoms with E-state index in [1.165, 1.54) is 4.57 Å². The van der Waals surface area contributed by atoms with Gasteiger partial charge in [0.15, 0.2) is 23.5 Å². The minimum atomic E-state index is -1.59. The average Bonchev–Trinajstić information content (AvgIpc) is 3.73. The second kappa shape index (κ2) is 12.6. The number of H-pyrrole nitrogens is 1. The van der Waals surface area contributed by atoms with Gasteiger partial charge in [0, 0.05) is 12.1 Å². The molecule has 1 N–H and O–H groups in total. The summed E-state index contributed by atoms with van der Waals surface area (Å²) in [5.41, 5.74) is 1.53. The van der Waals surface area contributed by atoms with Crippen LogP contribution < -0.4 is 0 Å². The molecule has 0 radical (unpaired) electrons. The average molecular weight is 611 g/mol. The minimum absolute atomic E-state index is 0.0564. The molecular formula is C28H27ClN6O8. The Kier molecular flexibility index (Phi) is 8.68. The second-order valence-corrected chi connectivity index (χ2v) is 9.98. The van der Waals surface area contributed by atoms with E-state index in [-0.39, 0.29) is 36.4 Å². The van der Waals surface area contributed by atoms with Gasteiger partial charge in [0.05, 0.1) is 6.10 Å². The highest BCUT2D eigenvalue weighted by Gasteiger charge is 2.51. The lowest BCUT2D eigenvalue weighted by atomic mass is 9.98. The van der Waals surface area contributed by atoms with Crippen molar-refractivity contribution in [3.8, 4) is 22.5 Å². The van der Waals surface area contributed by atoms with Crippen molar-refractivity contribution < 1.29 is 38.1 Å². The summed E-state index contributed by atoms with van der Waals surface area (Å²) in [5.74, 6) is -1.08. The van der Waals surface area contributed by atoms with Gasteiger partial charge < -0.3 is 28.3 Å². The van der Waals surface area contributed by atoms with Crippen molar-refractivity contribution in [3.63, 3.8) is 0 Å². The number of carbonyl (C=O) groups is 3. The zero-order valence-electron chi connectivity index (χ0n) is 23.4. The molecule has 1 saturated heterocycles. The molecule has 43 heavy (non-hydrogen) atoms. The molecule has 2 aromatic heterocycles. The van der Waals surface area contributed by atoms with E-state index in [0.717, 1.165) is 22.3 Å². The van der Waals surface area contributed by atoms with Gasteiger partial charge in [0.2, 0.25) is 18.2 Å². The summed E-state index contributed by atoms with van der Waals surface area (Å²) in [6.07, 6.45) is -1.27. The summed E-state index contributed by atoms with van der Waals surface area (Å²) in [7, 11) is 0. The molecule has 1 fully saturated rings. The fourth-order valence-corrected chi connectivity index (χ4v) is 4.86. The Morgan fingerprint density at radius 3 is 2.49 bits per heavy atom. The lowest BCUT2D eigenvalue weighted by molar-refractivity contribution is -0.145. The number of cyclic esters (lactones) is 1. The fourth-order valence-electron chi connectivity index (χ4n) is 4.60. The number of carbonyl (C=O) groups excluding carboxylic acids is 3. The molecule has 15 heteroatoms. The molecule has 1 aliphatic rings. The molecule has 0 bridgehead atoms. The smallest absolute Gasteiger partial charge is 0.436 e. The van der Waals surface area contributed by atoms with E-state index in [9.17, 15) is 14.4 Å². The highest BCUT2D eigenvalue weighted by atomic mass is 35.5. The number of hydrogen-bond acceptors (Lipinski definition) is 12. The number of benzene rings is 2. The van der Waals surface area contributed by atoms with E-state index in [1.54, 1.807) is 20.8 Å². The summed E-state index contributed by atoms with van der Waals surface area (Å²) >= 11 is 6.45. The Morgan fingerprint density at radius 2 is 1.86 bits per heavy atom. The molecular weight excluding hydrogens is 584 g/mol. The standard InChI is InChI=1S/C28H27ClN6O8/c1-4-28(26(37)40-15-42-28)25-30-22(29)21(24(36)39-14-41-27(38)43-16(2)3)35(25)13-17-9-11-18(12-10-17)19-7-5-6-8-20(19)23-31-33-34-32-23/h5-12,16H,4,13-15H2,1-3H3,(H,31,32,33,34). The van der Waals surface area contributed by atoms with Gasteiger partial charge in [-0.1, -0.05) is 67.1 Å². The van der Waals surface area contributed by atoms with Gasteiger partial charge in [-0.05, 0) is 42.2 Å². The first-order valence-corrected chi connectivity index (χ1v) is 13.6. The molecule has 5 rings (SSSR count). The monoisotopic (exact) mass is 610 g/mol. The third kappa shape index (κ3) is 6.05. The van der Waals surface area contributed by atoms with Crippen molar-refractivity contribution in [1.29, 1.82) is 0 Å². The molecule has 2 aromatic carbocycles. The van der Waals surface area contributed by atoms with Gasteiger partial charge in [0.25, 0.3) is 0 Å². The van der Waals surface area contributed by atoms with Crippen LogP contribution >= 0.6 is 11.6 Å². The van der Waals surface area contributed by atoms with Gasteiger partial charge in [0.1, 0.15) is 0 Å². The summed E-state index contributed by atoms with van der Waals surface area (Å²) in [6, 6.07) is 15.1. The Bertz CT molecular complexity index is 1620. The van der Waals surface area contributed by atoms with Crippen LogP contribution in [0, 0.1) is 0 Å². The summed E-state index contributed by atoms with van der Waals surface area (Å²) in [4.78, 5) is 42.1. The Labute approximate surface area is 250 Å². The number of imidazole rings is 1. The van der Waals surface area contributed by atoms with Gasteiger partial charge in [-0.3, -0.25) is 0 Å². The summed E-state index contributed by atoms with van der Waals surface area (Å²) < 4.78 is 27.1. The highest BCUT2D eigenvalue weighted by molar-refractivity contribution is 6.32. The van der Waals surface area contributed by atoms with Crippen LogP contribution in [0.3, 0.4) is 0 Å². The van der Waals surface area contributed by atoms with Crippen LogP contribution in [0.5, 0.6) is 0 Å². The molecule has 14 nitrogen and oxygen atoms in total. The van der Waals surface area contributed by atoms with E-state index in [1.807, 2.05) is 48.5 Å². The predicted molar refractivity (Wildman–Crippen MR) is 148 cm³/mol. The zero-order chi connectivity index (χ0) is 30.6. The van der Waals surface area contributed by atoms with E-state index in [0.29, 0.717) is 5.82 Å². The zero-order valence-corrected chi connectivity index (χ0v) is 24.2. The van der Waals surface area contributed by atoms with E-state index in [2.05, 4.69) is 25.6 Å². The molecule has 1 unspecified atom stereocenters. The predicted octanol–water partition coefficient (Wildman–Crippen LogP) is 4.24. The van der Waals surface area contributed by atoms with Crippen molar-refractivity contribution in [2.75, 3.05) is 13.6 Å². The van der Waals surface area contributed by atoms with Gasteiger partial charge >= 0.3 is 18.1 Å². The number of ether oxygens (including phenoxy) is 5. The Hall–Kier alpha value is -4.82. The lowest BCUT2D eigenvalue weighted by Crippen LogP contribution is -2.36. The van der Waals surface area contributed by atoms with Gasteiger partial charge in [-0.15, -0.1) is 10.2 Å². The number of nitrogens with one attached hydrogen (secondary N) is 1. The van der Waals surface area contributed by atoms with Crippen LogP contribution in [0.1, 0.15) is 49.1 Å². The molecule has 1 atom stereocenters. The number of halogens is 1. The number of esters is 2. The Balaban J connectivity index is 1.46. The van der Waals surface area contributed by atoms with Crippen molar-refractivity contribution in [2.24, 2.45) is 0 Å². The van der Waals surface area contributed by atoms with Crippen molar-refractivity contribution in [2.45, 2.75) is 45.4 Å². The molecule has 0 amide bonds. The topological polar surface area (TPSA) is 170 Å². The van der Waals surface area contributed by atoms with Gasteiger partial charge in [-0.25, -0.2) is 19.4 Å². The minimum Gasteiger partial charge on any atom is -0.436 e. The van der Waals surface area contributed by atoms with Crippen LogP contribution in [-0.2, 0) is 40.6 Å². The number of nitrogens with zero attached hydrogens (tertiary/aromatic N) is 5. The third-order valence-corrected chi connectivity index (χ3v) is 6.88. The van der Waals surface area contributed by atoms with Gasteiger partial charge in [-0.2, -0.15) is 5.21 Å². The maximum absolute atomic E-state index is 13.2. The number of tetrazole rings is 1. The van der Waals surface area contributed by atoms with Crippen molar-refractivity contribution in [1.82, 2.24) is 30.2 Å². The van der Waals surface area contributed by atoms with Crippen LogP contribution in [0.2, 0.25) is 5.15 Å². The van der Waals surface area contributed by atoms with E-state index >= 15 is 0 Å². The normalized spacial score (nSPS) is 16.3. The van der Waals surface area contributed by atoms with Crippen LogP contribution in [0.25, 0.3) is 22.5 Å². The van der Waals surface area contributed by atoms with E-state index < -0.39 is 36.6 Å². The summed E-state index contributed by atoms with van der Waals surface area (Å²) in [6.45, 7) is 4.06. The third-order valence-electron chi connectivity index (χ3n) is 6.62. The first kappa shape index (κ1) is 29.7. The maximum Gasteiger partial charge on any atom is 0.511 e. The first-order chi connectivity index (χ1) is 20.7. The number of aromatic amines is 1. The quantitative estimate of drug-likeness (QED) is 0.154. The van der Waals surface area contributed by atoms with Crippen LogP contribution in [-0.4, -0.2) is 68.0 Å². The van der Waals surface area contributed by atoms with Crippen LogP contribution in [0.4, 0.5) is 4.79 Å². The Morgan fingerprint density at radius 1 is 1.12 bits per heavy atom. The molecule has 224 valence electrons. The van der Waals surface area contributed by atoms with Crippen molar-refractivity contribution in [3.05, 3.63) is 70.8 Å². The fraction of sp³-hybridized carbons (Fsp3) is 0.321. The molecule has 1 aliphatic heterocycles. The summed E-state index contributed by atoms with van der Waals surface area (Å²) in [5, 5.41) is 14.1. The largest absolute Gasteiger partial charge is 0.511 e. The maximum atomic E-state index is 13.2. The molecule has 0 aliphatic carbocycles. The van der Waals surface area contributed by atoms with Crippen LogP contribution in [0.15, 0.2) is 48.5 Å². The van der Waals surface area contributed by atoms with Crippen molar-refractivity contribution >= 4 is 29.7 Å². The number of aromatic nitrogens is 6. The number of hydrogen-bond donors (Lipinski definition) is 1. The van der Waals surface area contributed by atoms with E-state index in [4.69, 9.17) is 35.3 Å². The SMILES string of the molecule is CCC1(c2nc(Cl)c(C(=O)OCOC(=O)OC(C)C)n2Cc2ccc(-c3ccccc3-c3nn[nH]n3)cc2)OCOC1=O. The molecule has 0 saturated carbocycles. The lowest BCUT2D eigenvalue weighted by Gasteiger charge is -2.23. The molecule has 0 spiro atoms.